The lowest BCUT2D eigenvalue weighted by Crippen LogP contribution is -2.07. The fourth-order valence-corrected chi connectivity index (χ4v) is 2.64. The Morgan fingerprint density at radius 1 is 1.44 bits per heavy atom. The van der Waals surface area contributed by atoms with Crippen molar-refractivity contribution in [1.29, 1.82) is 0 Å². The monoisotopic (exact) mass is 276 g/mol. The normalized spacial score (nSPS) is 11.6. The maximum atomic E-state index is 11.7. The number of hydrogen-bond acceptors (Lipinski definition) is 3. The van der Waals surface area contributed by atoms with E-state index in [1.807, 2.05) is 31.2 Å². The highest BCUT2D eigenvalue weighted by Crippen LogP contribution is 2.26. The van der Waals surface area contributed by atoms with E-state index in [4.69, 9.17) is 12.2 Å². The standard InChI is InChI=1S/C13H12N2OS2/c1-2-3-4-8-11(16)14-9-6-5-7-10-12(9)15-13(17)18-10/h2-8H,1H3,(H,14,16)(H,15,17). The van der Waals surface area contributed by atoms with Crippen molar-refractivity contribution in [3.05, 3.63) is 46.5 Å². The van der Waals surface area contributed by atoms with Crippen molar-refractivity contribution >= 4 is 45.4 Å². The number of thiazole rings is 1. The van der Waals surface area contributed by atoms with Crippen LogP contribution in [0.4, 0.5) is 5.69 Å². The molecular formula is C13H12N2OS2. The van der Waals surface area contributed by atoms with Gasteiger partial charge in [-0.15, -0.1) is 11.3 Å². The van der Waals surface area contributed by atoms with Gasteiger partial charge in [0.15, 0.2) is 3.95 Å². The molecule has 1 amide bonds. The van der Waals surface area contributed by atoms with Crippen molar-refractivity contribution in [1.82, 2.24) is 4.98 Å². The van der Waals surface area contributed by atoms with Crippen molar-refractivity contribution in [2.24, 2.45) is 0 Å². The van der Waals surface area contributed by atoms with Gasteiger partial charge in [0.2, 0.25) is 5.91 Å². The second-order valence-electron chi connectivity index (χ2n) is 3.57. The third-order valence-electron chi connectivity index (χ3n) is 2.26. The molecule has 5 heteroatoms. The first-order valence-corrected chi connectivity index (χ1v) is 6.65. The number of rotatable bonds is 3. The van der Waals surface area contributed by atoms with Gasteiger partial charge in [0.1, 0.15) is 0 Å². The Balaban J connectivity index is 2.26. The van der Waals surface area contributed by atoms with E-state index in [1.54, 1.807) is 12.2 Å². The molecule has 0 saturated carbocycles. The van der Waals surface area contributed by atoms with Gasteiger partial charge in [-0.25, -0.2) is 0 Å². The highest BCUT2D eigenvalue weighted by atomic mass is 32.1. The first-order chi connectivity index (χ1) is 8.70. The number of amides is 1. The Kier molecular flexibility index (Phi) is 4.07. The minimum absolute atomic E-state index is 0.161. The molecule has 0 aliphatic rings. The topological polar surface area (TPSA) is 44.9 Å². The first kappa shape index (κ1) is 12.7. The van der Waals surface area contributed by atoms with Crippen LogP contribution in [0, 0.1) is 3.95 Å². The van der Waals surface area contributed by atoms with Crippen LogP contribution in [0.5, 0.6) is 0 Å². The molecular weight excluding hydrogens is 264 g/mol. The summed E-state index contributed by atoms with van der Waals surface area (Å²) in [5.41, 5.74) is 1.62. The quantitative estimate of drug-likeness (QED) is 0.505. The van der Waals surface area contributed by atoms with Crippen LogP contribution in [0.3, 0.4) is 0 Å². The second-order valence-corrected chi connectivity index (χ2v) is 5.29. The Hall–Kier alpha value is -1.72. The van der Waals surface area contributed by atoms with Crippen molar-refractivity contribution in [3.8, 4) is 0 Å². The van der Waals surface area contributed by atoms with Crippen LogP contribution >= 0.6 is 23.6 Å². The molecule has 0 bridgehead atoms. The molecule has 0 spiro atoms. The van der Waals surface area contributed by atoms with E-state index >= 15 is 0 Å². The number of aromatic nitrogens is 1. The predicted molar refractivity (Wildman–Crippen MR) is 79.6 cm³/mol. The summed E-state index contributed by atoms with van der Waals surface area (Å²) in [5.74, 6) is -0.161. The van der Waals surface area contributed by atoms with Gasteiger partial charge in [0.25, 0.3) is 0 Å². The van der Waals surface area contributed by atoms with Crippen LogP contribution < -0.4 is 5.32 Å². The number of nitrogens with one attached hydrogen (secondary N) is 2. The number of para-hydroxylation sites is 1. The molecule has 1 aromatic heterocycles. The number of H-pyrrole nitrogens is 1. The summed E-state index contributed by atoms with van der Waals surface area (Å²) in [6.45, 7) is 1.90. The number of hydrogen-bond donors (Lipinski definition) is 2. The van der Waals surface area contributed by atoms with Gasteiger partial charge in [-0.1, -0.05) is 24.3 Å². The Labute approximate surface area is 114 Å². The first-order valence-electron chi connectivity index (χ1n) is 5.43. The molecule has 0 atom stereocenters. The molecule has 0 fully saturated rings. The summed E-state index contributed by atoms with van der Waals surface area (Å²) in [4.78, 5) is 14.7. The van der Waals surface area contributed by atoms with Gasteiger partial charge in [-0.05, 0) is 31.3 Å². The third kappa shape index (κ3) is 2.94. The number of aromatic amines is 1. The molecule has 2 aromatic rings. The fraction of sp³-hybridized carbons (Fsp3) is 0.0769. The van der Waals surface area contributed by atoms with Gasteiger partial charge < -0.3 is 10.3 Å². The van der Waals surface area contributed by atoms with Crippen LogP contribution in [-0.4, -0.2) is 10.9 Å². The Bertz CT molecular complexity index is 680. The van der Waals surface area contributed by atoms with Gasteiger partial charge in [0, 0.05) is 6.08 Å². The zero-order valence-electron chi connectivity index (χ0n) is 9.77. The molecule has 0 saturated heterocycles. The summed E-state index contributed by atoms with van der Waals surface area (Å²) in [7, 11) is 0. The second kappa shape index (κ2) is 5.75. The van der Waals surface area contributed by atoms with Gasteiger partial charge in [-0.2, -0.15) is 0 Å². The van der Waals surface area contributed by atoms with Crippen LogP contribution in [0.15, 0.2) is 42.5 Å². The minimum Gasteiger partial charge on any atom is -0.335 e. The van der Waals surface area contributed by atoms with Gasteiger partial charge in [0.05, 0.1) is 15.9 Å². The van der Waals surface area contributed by atoms with Gasteiger partial charge in [-0.3, -0.25) is 4.79 Å². The van der Waals surface area contributed by atoms with E-state index < -0.39 is 0 Å². The molecule has 2 N–H and O–H groups in total. The SMILES string of the molecule is CC=CC=CC(=O)Nc1cccc2sc(=S)[nH]c12. The summed E-state index contributed by atoms with van der Waals surface area (Å²) in [6.07, 6.45) is 6.85. The molecule has 3 nitrogen and oxygen atoms in total. The van der Waals surface area contributed by atoms with Crippen LogP contribution in [0.2, 0.25) is 0 Å². The molecule has 0 unspecified atom stereocenters. The van der Waals surface area contributed by atoms with E-state index in [9.17, 15) is 4.79 Å². The number of allylic oxidation sites excluding steroid dienone is 3. The number of carbonyl (C=O) groups is 1. The average Bonchev–Trinajstić information content (AvgIpc) is 2.71. The molecule has 0 aliphatic carbocycles. The summed E-state index contributed by atoms with van der Waals surface area (Å²) in [6, 6.07) is 5.71. The lowest BCUT2D eigenvalue weighted by Gasteiger charge is -2.02. The lowest BCUT2D eigenvalue weighted by atomic mass is 10.3. The average molecular weight is 276 g/mol. The molecule has 2 rings (SSSR count). The van der Waals surface area contributed by atoms with Gasteiger partial charge >= 0.3 is 0 Å². The zero-order valence-corrected chi connectivity index (χ0v) is 11.4. The number of carbonyl (C=O) groups excluding carboxylic acids is 1. The molecule has 0 radical (unpaired) electrons. The zero-order chi connectivity index (χ0) is 13.0. The molecule has 92 valence electrons. The van der Waals surface area contributed by atoms with Crippen LogP contribution in [-0.2, 0) is 4.79 Å². The van der Waals surface area contributed by atoms with Crippen molar-refractivity contribution in [3.63, 3.8) is 0 Å². The van der Waals surface area contributed by atoms with Crippen molar-refractivity contribution in [2.75, 3.05) is 5.32 Å². The van der Waals surface area contributed by atoms with E-state index in [0.29, 0.717) is 3.95 Å². The van der Waals surface area contributed by atoms with E-state index in [1.165, 1.54) is 17.4 Å². The Morgan fingerprint density at radius 2 is 2.28 bits per heavy atom. The molecule has 1 aromatic carbocycles. The fourth-order valence-electron chi connectivity index (χ4n) is 1.51. The van der Waals surface area contributed by atoms with Crippen LogP contribution in [0.25, 0.3) is 10.2 Å². The van der Waals surface area contributed by atoms with Crippen LogP contribution in [0.1, 0.15) is 6.92 Å². The maximum Gasteiger partial charge on any atom is 0.248 e. The van der Waals surface area contributed by atoms with E-state index in [2.05, 4.69) is 10.3 Å². The van der Waals surface area contributed by atoms with Crippen molar-refractivity contribution < 1.29 is 4.79 Å². The smallest absolute Gasteiger partial charge is 0.248 e. The van der Waals surface area contributed by atoms with E-state index in [0.717, 1.165) is 15.9 Å². The minimum atomic E-state index is -0.161. The van der Waals surface area contributed by atoms with E-state index in [-0.39, 0.29) is 5.91 Å². The third-order valence-corrected chi connectivity index (χ3v) is 3.46. The van der Waals surface area contributed by atoms with Crippen molar-refractivity contribution in [2.45, 2.75) is 6.92 Å². The highest BCUT2D eigenvalue weighted by Gasteiger charge is 2.05. The number of fused-ring (bicyclic) bond motifs is 1. The molecule has 1 heterocycles. The summed E-state index contributed by atoms with van der Waals surface area (Å²) < 4.78 is 1.74. The lowest BCUT2D eigenvalue weighted by molar-refractivity contribution is -0.111. The molecule has 18 heavy (non-hydrogen) atoms. The molecule has 0 aliphatic heterocycles. The summed E-state index contributed by atoms with van der Waals surface area (Å²) >= 11 is 6.59. The Morgan fingerprint density at radius 3 is 3.06 bits per heavy atom. The number of anilines is 1. The maximum absolute atomic E-state index is 11.7. The predicted octanol–water partition coefficient (Wildman–Crippen LogP) is 4.03. The number of benzene rings is 1. The highest BCUT2D eigenvalue weighted by molar-refractivity contribution is 7.73. The summed E-state index contributed by atoms with van der Waals surface area (Å²) in [5, 5.41) is 2.83. The largest absolute Gasteiger partial charge is 0.335 e.